The van der Waals surface area contributed by atoms with E-state index >= 15 is 0 Å². The van der Waals surface area contributed by atoms with Crippen LogP contribution in [0.4, 0.5) is 0 Å². The minimum atomic E-state index is -0.188. The molecule has 0 spiro atoms. The predicted molar refractivity (Wildman–Crippen MR) is 100 cm³/mol. The Kier molecular flexibility index (Phi) is 6.88. The molecule has 4 nitrogen and oxygen atoms in total. The third-order valence-corrected chi connectivity index (χ3v) is 5.88. The molecule has 2 aliphatic heterocycles. The number of fused-ring (bicyclic) bond motifs is 1. The number of aliphatic hydroxyl groups excluding tert-OH is 1. The minimum Gasteiger partial charge on any atom is -0.394 e. The molecule has 4 heteroatoms. The van der Waals surface area contributed by atoms with Crippen molar-refractivity contribution < 1.29 is 9.90 Å². The molecule has 0 aliphatic carbocycles. The number of hydrogen-bond acceptors (Lipinski definition) is 3. The number of nitrogens with one attached hydrogen (secondary N) is 1. The van der Waals surface area contributed by atoms with Gasteiger partial charge in [0.2, 0.25) is 5.91 Å². The average Bonchev–Trinajstić information content (AvgIpc) is 2.66. The smallest absolute Gasteiger partial charge is 0.220 e. The van der Waals surface area contributed by atoms with Gasteiger partial charge in [0.15, 0.2) is 0 Å². The van der Waals surface area contributed by atoms with Crippen molar-refractivity contribution in [2.75, 3.05) is 19.7 Å². The van der Waals surface area contributed by atoms with Crippen molar-refractivity contribution >= 4 is 5.91 Å². The number of aliphatic hydroxyl groups is 1. The SMILES string of the molecule is O=C(CC[C@@H]1CCCN2CCCC[C@H]12)N[C@@H](CO)Cc1ccccc1. The molecule has 0 aromatic heterocycles. The van der Waals surface area contributed by atoms with E-state index in [1.54, 1.807) is 0 Å². The van der Waals surface area contributed by atoms with Crippen molar-refractivity contribution in [3.05, 3.63) is 35.9 Å². The van der Waals surface area contributed by atoms with Gasteiger partial charge in [0, 0.05) is 12.5 Å². The van der Waals surface area contributed by atoms with Crippen LogP contribution in [0, 0.1) is 5.92 Å². The Labute approximate surface area is 151 Å². The quantitative estimate of drug-likeness (QED) is 0.800. The topological polar surface area (TPSA) is 52.6 Å². The molecule has 0 unspecified atom stereocenters. The van der Waals surface area contributed by atoms with Gasteiger partial charge in [0.25, 0.3) is 0 Å². The lowest BCUT2D eigenvalue weighted by molar-refractivity contribution is -0.122. The van der Waals surface area contributed by atoms with Crippen LogP contribution in [0.5, 0.6) is 0 Å². The summed E-state index contributed by atoms with van der Waals surface area (Å²) in [6.45, 7) is 2.48. The zero-order valence-electron chi connectivity index (χ0n) is 15.2. The Morgan fingerprint density at radius 3 is 2.76 bits per heavy atom. The Morgan fingerprint density at radius 1 is 1.16 bits per heavy atom. The van der Waals surface area contributed by atoms with Crippen LogP contribution < -0.4 is 5.32 Å². The summed E-state index contributed by atoms with van der Waals surface area (Å²) in [4.78, 5) is 15.0. The summed E-state index contributed by atoms with van der Waals surface area (Å²) in [5.41, 5.74) is 1.15. The van der Waals surface area contributed by atoms with E-state index in [2.05, 4.69) is 10.2 Å². The molecule has 0 radical (unpaired) electrons. The molecule has 0 bridgehead atoms. The van der Waals surface area contributed by atoms with Crippen LogP contribution in [-0.4, -0.2) is 47.7 Å². The lowest BCUT2D eigenvalue weighted by Crippen LogP contribution is -2.48. The standard InChI is InChI=1S/C21H32N2O2/c24-16-19(15-17-7-2-1-3-8-17)22-21(25)12-11-18-9-6-14-23-13-5-4-10-20(18)23/h1-3,7-8,18-20,24H,4-6,9-16H2,(H,22,25)/t18-,19+,20+/m0/s1. The van der Waals surface area contributed by atoms with E-state index in [0.29, 0.717) is 24.8 Å². The third-order valence-electron chi connectivity index (χ3n) is 5.88. The van der Waals surface area contributed by atoms with Gasteiger partial charge >= 0.3 is 0 Å². The Balaban J connectivity index is 1.45. The number of nitrogens with zero attached hydrogens (tertiary/aromatic N) is 1. The van der Waals surface area contributed by atoms with Gasteiger partial charge < -0.3 is 15.3 Å². The maximum absolute atomic E-state index is 12.4. The second-order valence-electron chi connectivity index (χ2n) is 7.68. The van der Waals surface area contributed by atoms with E-state index in [4.69, 9.17) is 0 Å². The summed E-state index contributed by atoms with van der Waals surface area (Å²) in [5.74, 6) is 0.754. The van der Waals surface area contributed by atoms with Crippen LogP contribution >= 0.6 is 0 Å². The fraction of sp³-hybridized carbons (Fsp3) is 0.667. The molecule has 0 saturated carbocycles. The summed E-state index contributed by atoms with van der Waals surface area (Å²) in [6, 6.07) is 10.5. The van der Waals surface area contributed by atoms with E-state index < -0.39 is 0 Å². The number of amides is 1. The van der Waals surface area contributed by atoms with Gasteiger partial charge in [-0.25, -0.2) is 0 Å². The maximum Gasteiger partial charge on any atom is 0.220 e. The summed E-state index contributed by atoms with van der Waals surface area (Å²) in [5, 5.41) is 12.6. The molecule has 1 aromatic carbocycles. The second kappa shape index (κ2) is 9.35. The Morgan fingerprint density at radius 2 is 1.96 bits per heavy atom. The molecule has 1 amide bonds. The molecule has 1 aromatic rings. The monoisotopic (exact) mass is 344 g/mol. The van der Waals surface area contributed by atoms with Gasteiger partial charge in [-0.05, 0) is 63.1 Å². The lowest BCUT2D eigenvalue weighted by atomic mass is 9.81. The summed E-state index contributed by atoms with van der Waals surface area (Å²) < 4.78 is 0. The highest BCUT2D eigenvalue weighted by Crippen LogP contribution is 2.33. The van der Waals surface area contributed by atoms with Gasteiger partial charge in [0.1, 0.15) is 0 Å². The zero-order chi connectivity index (χ0) is 17.5. The van der Waals surface area contributed by atoms with Crippen molar-refractivity contribution in [2.45, 2.75) is 63.5 Å². The van der Waals surface area contributed by atoms with Crippen molar-refractivity contribution in [2.24, 2.45) is 5.92 Å². The van der Waals surface area contributed by atoms with Crippen LogP contribution in [0.25, 0.3) is 0 Å². The molecule has 2 aliphatic rings. The second-order valence-corrected chi connectivity index (χ2v) is 7.68. The molecule has 2 fully saturated rings. The summed E-state index contributed by atoms with van der Waals surface area (Å²) in [6.07, 6.45) is 8.77. The average molecular weight is 344 g/mol. The number of benzene rings is 1. The molecule has 138 valence electrons. The minimum absolute atomic E-state index is 0.0134. The first-order valence-electron chi connectivity index (χ1n) is 9.94. The van der Waals surface area contributed by atoms with Crippen molar-refractivity contribution in [1.29, 1.82) is 0 Å². The van der Waals surface area contributed by atoms with E-state index in [9.17, 15) is 9.90 Å². The number of carbonyl (C=O) groups is 1. The maximum atomic E-state index is 12.4. The summed E-state index contributed by atoms with van der Waals surface area (Å²) in [7, 11) is 0. The van der Waals surface area contributed by atoms with Crippen LogP contribution in [-0.2, 0) is 11.2 Å². The van der Waals surface area contributed by atoms with Gasteiger partial charge in [-0.2, -0.15) is 0 Å². The molecule has 2 heterocycles. The van der Waals surface area contributed by atoms with Crippen LogP contribution in [0.2, 0.25) is 0 Å². The van der Waals surface area contributed by atoms with Gasteiger partial charge in [0.05, 0.1) is 12.6 Å². The van der Waals surface area contributed by atoms with Gasteiger partial charge in [-0.3, -0.25) is 4.79 Å². The number of carbonyl (C=O) groups excluding carboxylic acids is 1. The van der Waals surface area contributed by atoms with Crippen molar-refractivity contribution in [3.8, 4) is 0 Å². The zero-order valence-corrected chi connectivity index (χ0v) is 15.2. The third kappa shape index (κ3) is 5.29. The van der Waals surface area contributed by atoms with E-state index in [0.717, 1.165) is 12.0 Å². The molecule has 2 N–H and O–H groups in total. The highest BCUT2D eigenvalue weighted by atomic mass is 16.3. The molecular weight excluding hydrogens is 312 g/mol. The normalized spacial score (nSPS) is 25.2. The largest absolute Gasteiger partial charge is 0.394 e. The predicted octanol–water partition coefficient (Wildman–Crippen LogP) is 2.75. The van der Waals surface area contributed by atoms with Crippen molar-refractivity contribution in [1.82, 2.24) is 10.2 Å². The fourth-order valence-electron chi connectivity index (χ4n) is 4.59. The lowest BCUT2D eigenvalue weighted by Gasteiger charge is -2.44. The van der Waals surface area contributed by atoms with E-state index in [-0.39, 0.29) is 18.6 Å². The van der Waals surface area contributed by atoms with Gasteiger partial charge in [-0.1, -0.05) is 36.8 Å². The first kappa shape index (κ1) is 18.4. The Hall–Kier alpha value is -1.39. The number of hydrogen-bond donors (Lipinski definition) is 2. The number of rotatable bonds is 7. The highest BCUT2D eigenvalue weighted by molar-refractivity contribution is 5.76. The molecule has 2 saturated heterocycles. The first-order chi connectivity index (χ1) is 12.3. The van der Waals surface area contributed by atoms with Crippen LogP contribution in [0.3, 0.4) is 0 Å². The molecular formula is C21H32N2O2. The number of piperidine rings is 2. The highest BCUT2D eigenvalue weighted by Gasteiger charge is 2.32. The van der Waals surface area contributed by atoms with E-state index in [1.165, 1.54) is 45.2 Å². The summed E-state index contributed by atoms with van der Waals surface area (Å²) >= 11 is 0. The van der Waals surface area contributed by atoms with Crippen LogP contribution in [0.15, 0.2) is 30.3 Å². The first-order valence-corrected chi connectivity index (χ1v) is 9.94. The Bertz CT molecular complexity index is 532. The molecule has 3 atom stereocenters. The van der Waals surface area contributed by atoms with E-state index in [1.807, 2.05) is 30.3 Å². The molecule has 3 rings (SSSR count). The van der Waals surface area contributed by atoms with Gasteiger partial charge in [-0.15, -0.1) is 0 Å². The molecule has 25 heavy (non-hydrogen) atoms. The van der Waals surface area contributed by atoms with Crippen LogP contribution in [0.1, 0.15) is 50.5 Å². The fourth-order valence-corrected chi connectivity index (χ4v) is 4.59. The van der Waals surface area contributed by atoms with Crippen molar-refractivity contribution in [3.63, 3.8) is 0 Å².